The third-order valence-corrected chi connectivity index (χ3v) is 5.75. The van der Waals surface area contributed by atoms with Crippen molar-refractivity contribution in [2.45, 2.75) is 32.1 Å². The number of carbonyl (C=O) groups excluding carboxylic acids is 2. The van der Waals surface area contributed by atoms with E-state index in [1.165, 1.54) is 0 Å². The molecule has 9 nitrogen and oxygen atoms in total. The smallest absolute Gasteiger partial charge is 0.326 e. The lowest BCUT2D eigenvalue weighted by Gasteiger charge is -2.30. The minimum Gasteiger partial charge on any atom is -0.480 e. The summed E-state index contributed by atoms with van der Waals surface area (Å²) in [5.74, 6) is -5.69. The van der Waals surface area contributed by atoms with E-state index in [2.05, 4.69) is 11.4 Å². The summed E-state index contributed by atoms with van der Waals surface area (Å²) in [7, 11) is 0. The van der Waals surface area contributed by atoms with E-state index in [9.17, 15) is 29.7 Å². The van der Waals surface area contributed by atoms with Gasteiger partial charge >= 0.3 is 12.0 Å². The van der Waals surface area contributed by atoms with Crippen molar-refractivity contribution in [1.82, 2.24) is 10.2 Å². The number of rotatable bonds is 10. The van der Waals surface area contributed by atoms with Crippen LogP contribution in [0, 0.1) is 5.92 Å². The maximum Gasteiger partial charge on any atom is 0.326 e. The van der Waals surface area contributed by atoms with E-state index in [-0.39, 0.29) is 18.9 Å². The SMILES string of the molecule is CC(C)CN(CC(O)(O)C(N)=O)C(=O)N[C@@H](Cc1ccc(-c2ccc3ccccc3c2)cc1)C(=O)O. The number of carbonyl (C=O) groups is 3. The summed E-state index contributed by atoms with van der Waals surface area (Å²) in [4.78, 5) is 37.0. The van der Waals surface area contributed by atoms with E-state index in [1.807, 2.05) is 48.5 Å². The van der Waals surface area contributed by atoms with Crippen LogP contribution in [0.3, 0.4) is 0 Å². The molecule has 1 atom stereocenters. The van der Waals surface area contributed by atoms with Crippen molar-refractivity contribution < 1.29 is 29.7 Å². The van der Waals surface area contributed by atoms with Crippen LogP contribution in [0.25, 0.3) is 21.9 Å². The van der Waals surface area contributed by atoms with Crippen molar-refractivity contribution in [2.24, 2.45) is 11.7 Å². The number of carboxylic acid groups (broad SMARTS) is 1. The Balaban J connectivity index is 1.73. The van der Waals surface area contributed by atoms with Crippen molar-refractivity contribution >= 4 is 28.7 Å². The Morgan fingerprint density at radius 2 is 1.56 bits per heavy atom. The minimum absolute atomic E-state index is 0.00774. The van der Waals surface area contributed by atoms with Crippen molar-refractivity contribution in [1.29, 1.82) is 0 Å². The quantitative estimate of drug-likeness (QED) is 0.273. The molecule has 3 aromatic rings. The van der Waals surface area contributed by atoms with Crippen LogP contribution < -0.4 is 11.1 Å². The second-order valence-corrected chi connectivity index (χ2v) is 9.26. The van der Waals surface area contributed by atoms with Gasteiger partial charge in [0.25, 0.3) is 11.7 Å². The van der Waals surface area contributed by atoms with Gasteiger partial charge in [-0.1, -0.05) is 74.5 Å². The van der Waals surface area contributed by atoms with Gasteiger partial charge < -0.3 is 31.3 Å². The van der Waals surface area contributed by atoms with Crippen LogP contribution in [0.4, 0.5) is 4.79 Å². The zero-order valence-electron chi connectivity index (χ0n) is 20.2. The number of aliphatic hydroxyl groups is 2. The molecule has 0 heterocycles. The topological polar surface area (TPSA) is 153 Å². The highest BCUT2D eigenvalue weighted by atomic mass is 16.5. The number of nitrogens with zero attached hydrogens (tertiary/aromatic N) is 1. The molecule has 0 aliphatic rings. The fraction of sp³-hybridized carbons (Fsp3) is 0.296. The summed E-state index contributed by atoms with van der Waals surface area (Å²) in [6.45, 7) is 2.83. The third-order valence-electron chi connectivity index (χ3n) is 5.75. The van der Waals surface area contributed by atoms with E-state index < -0.39 is 36.3 Å². The number of urea groups is 1. The molecule has 3 amide bonds. The molecule has 190 valence electrons. The number of amides is 3. The molecule has 0 saturated heterocycles. The Labute approximate surface area is 209 Å². The van der Waals surface area contributed by atoms with Crippen molar-refractivity contribution in [2.75, 3.05) is 13.1 Å². The maximum absolute atomic E-state index is 12.8. The number of hydrogen-bond acceptors (Lipinski definition) is 5. The van der Waals surface area contributed by atoms with Gasteiger partial charge in [0, 0.05) is 13.0 Å². The highest BCUT2D eigenvalue weighted by Crippen LogP contribution is 2.25. The second-order valence-electron chi connectivity index (χ2n) is 9.26. The molecule has 9 heteroatoms. The summed E-state index contributed by atoms with van der Waals surface area (Å²) in [6.07, 6.45) is 0.00774. The molecular formula is C27H31N3O6. The molecule has 0 aliphatic heterocycles. The van der Waals surface area contributed by atoms with Crippen LogP contribution in [-0.2, 0) is 16.0 Å². The van der Waals surface area contributed by atoms with E-state index in [0.29, 0.717) is 5.56 Å². The highest BCUT2D eigenvalue weighted by Gasteiger charge is 2.36. The minimum atomic E-state index is -2.94. The van der Waals surface area contributed by atoms with E-state index in [4.69, 9.17) is 5.73 Å². The number of aliphatic carboxylic acids is 1. The monoisotopic (exact) mass is 493 g/mol. The summed E-state index contributed by atoms with van der Waals surface area (Å²) in [6, 6.07) is 19.5. The van der Waals surface area contributed by atoms with E-state index >= 15 is 0 Å². The normalized spacial score (nSPS) is 12.4. The lowest BCUT2D eigenvalue weighted by Crippen LogP contribution is -2.57. The molecule has 0 spiro atoms. The van der Waals surface area contributed by atoms with Gasteiger partial charge in [-0.15, -0.1) is 0 Å². The van der Waals surface area contributed by atoms with Crippen LogP contribution in [0.1, 0.15) is 19.4 Å². The molecule has 0 aliphatic carbocycles. The predicted octanol–water partition coefficient (Wildman–Crippen LogP) is 2.34. The highest BCUT2D eigenvalue weighted by molar-refractivity contribution is 5.87. The summed E-state index contributed by atoms with van der Waals surface area (Å²) in [5.41, 5.74) is 7.68. The van der Waals surface area contributed by atoms with Crippen LogP contribution in [0.5, 0.6) is 0 Å². The molecule has 0 saturated carbocycles. The lowest BCUT2D eigenvalue weighted by molar-refractivity contribution is -0.185. The number of primary amides is 1. The van der Waals surface area contributed by atoms with Crippen LogP contribution >= 0.6 is 0 Å². The number of nitrogens with one attached hydrogen (secondary N) is 1. The van der Waals surface area contributed by atoms with Crippen LogP contribution in [-0.4, -0.2) is 63.0 Å². The molecule has 0 bridgehead atoms. The van der Waals surface area contributed by atoms with Gasteiger partial charge in [-0.25, -0.2) is 9.59 Å². The Kier molecular flexibility index (Phi) is 8.29. The molecule has 6 N–H and O–H groups in total. The van der Waals surface area contributed by atoms with Gasteiger partial charge in [0.1, 0.15) is 6.04 Å². The zero-order valence-corrected chi connectivity index (χ0v) is 20.2. The molecule has 0 aromatic heterocycles. The largest absolute Gasteiger partial charge is 0.480 e. The molecule has 0 fully saturated rings. The number of hydrogen-bond donors (Lipinski definition) is 5. The van der Waals surface area contributed by atoms with Crippen molar-refractivity contribution in [3.8, 4) is 11.1 Å². The first-order chi connectivity index (χ1) is 17.0. The number of carboxylic acids is 1. The first-order valence-electron chi connectivity index (χ1n) is 11.6. The standard InChI is InChI=1S/C27H31N3O6/c1-17(2)15-30(16-27(35,36)25(28)33)26(34)29-23(24(31)32)13-18-7-9-20(10-8-18)22-12-11-19-5-3-4-6-21(19)14-22/h3-12,14,17,23,35-36H,13,15-16H2,1-2H3,(H2,28,33)(H,29,34)(H,31,32)/t23-/m0/s1. The first-order valence-corrected chi connectivity index (χ1v) is 11.6. The molecule has 3 rings (SSSR count). The third kappa shape index (κ3) is 6.80. The van der Waals surface area contributed by atoms with Gasteiger partial charge in [0.05, 0.1) is 6.54 Å². The zero-order chi connectivity index (χ0) is 26.5. The average molecular weight is 494 g/mol. The fourth-order valence-corrected chi connectivity index (χ4v) is 3.88. The predicted molar refractivity (Wildman–Crippen MR) is 136 cm³/mol. The summed E-state index contributed by atoms with van der Waals surface area (Å²) < 4.78 is 0. The first kappa shape index (κ1) is 26.7. The van der Waals surface area contributed by atoms with Crippen molar-refractivity contribution in [3.63, 3.8) is 0 Å². The number of nitrogens with two attached hydrogens (primary N) is 1. The molecule has 0 unspecified atom stereocenters. The average Bonchev–Trinajstić information content (AvgIpc) is 2.82. The van der Waals surface area contributed by atoms with E-state index in [0.717, 1.165) is 26.8 Å². The number of benzene rings is 3. The number of fused-ring (bicyclic) bond motifs is 1. The maximum atomic E-state index is 12.8. The summed E-state index contributed by atoms with van der Waals surface area (Å²) >= 11 is 0. The summed E-state index contributed by atoms with van der Waals surface area (Å²) in [5, 5.41) is 34.0. The molecular weight excluding hydrogens is 462 g/mol. The Morgan fingerprint density at radius 3 is 2.14 bits per heavy atom. The lowest BCUT2D eigenvalue weighted by atomic mass is 9.98. The van der Waals surface area contributed by atoms with E-state index in [1.54, 1.807) is 26.0 Å². The fourth-order valence-electron chi connectivity index (χ4n) is 3.88. The molecule has 36 heavy (non-hydrogen) atoms. The Hall–Kier alpha value is -3.95. The molecule has 0 radical (unpaired) electrons. The Morgan fingerprint density at radius 1 is 0.944 bits per heavy atom. The van der Waals surface area contributed by atoms with Crippen LogP contribution in [0.2, 0.25) is 0 Å². The van der Waals surface area contributed by atoms with Gasteiger partial charge in [-0.05, 0) is 39.4 Å². The van der Waals surface area contributed by atoms with Crippen molar-refractivity contribution in [3.05, 3.63) is 72.3 Å². The van der Waals surface area contributed by atoms with Gasteiger partial charge in [0.15, 0.2) is 0 Å². The second kappa shape index (κ2) is 11.2. The Bertz CT molecular complexity index is 1240. The van der Waals surface area contributed by atoms with Crippen LogP contribution in [0.15, 0.2) is 66.7 Å². The van der Waals surface area contributed by atoms with Gasteiger partial charge in [0.2, 0.25) is 0 Å². The van der Waals surface area contributed by atoms with Gasteiger partial charge in [-0.3, -0.25) is 4.79 Å². The molecule has 3 aromatic carbocycles. The van der Waals surface area contributed by atoms with Gasteiger partial charge in [-0.2, -0.15) is 0 Å².